The molecule has 0 amide bonds. The van der Waals surface area contributed by atoms with E-state index < -0.39 is 0 Å². The molecule has 0 aliphatic carbocycles. The van der Waals surface area contributed by atoms with Crippen molar-refractivity contribution in [1.29, 1.82) is 0 Å². The standard InChI is InChI=1S/C9H21NO/c1-6-7-8-11-10(5)9(2,3)4/h6-8H2,1-5H3. The quantitative estimate of drug-likeness (QED) is 0.461. The molecule has 2 heteroatoms. The summed E-state index contributed by atoms with van der Waals surface area (Å²) >= 11 is 0. The first-order valence-electron chi connectivity index (χ1n) is 4.35. The smallest absolute Gasteiger partial charge is 0.0685 e. The molecular weight excluding hydrogens is 138 g/mol. The first-order valence-corrected chi connectivity index (χ1v) is 4.35. The van der Waals surface area contributed by atoms with E-state index in [9.17, 15) is 0 Å². The van der Waals surface area contributed by atoms with Gasteiger partial charge in [-0.25, -0.2) is 0 Å². The Bertz CT molecular complexity index is 96.2. The second-order valence-corrected chi connectivity index (χ2v) is 3.86. The molecule has 0 aliphatic heterocycles. The van der Waals surface area contributed by atoms with E-state index in [-0.39, 0.29) is 5.54 Å². The van der Waals surface area contributed by atoms with Crippen LogP contribution in [0.25, 0.3) is 0 Å². The molecule has 0 spiro atoms. The summed E-state index contributed by atoms with van der Waals surface area (Å²) in [6.07, 6.45) is 2.33. The van der Waals surface area contributed by atoms with E-state index >= 15 is 0 Å². The highest BCUT2D eigenvalue weighted by Crippen LogP contribution is 2.10. The first kappa shape index (κ1) is 10.9. The van der Waals surface area contributed by atoms with Crippen molar-refractivity contribution in [3.8, 4) is 0 Å². The lowest BCUT2D eigenvalue weighted by molar-refractivity contribution is -0.191. The molecule has 0 aliphatic rings. The highest BCUT2D eigenvalue weighted by Gasteiger charge is 2.16. The van der Waals surface area contributed by atoms with Gasteiger partial charge in [0.15, 0.2) is 0 Å². The Morgan fingerprint density at radius 2 is 1.82 bits per heavy atom. The third-order valence-corrected chi connectivity index (χ3v) is 1.73. The van der Waals surface area contributed by atoms with Gasteiger partial charge in [0.05, 0.1) is 6.61 Å². The van der Waals surface area contributed by atoms with E-state index in [4.69, 9.17) is 4.84 Å². The molecule has 0 fully saturated rings. The van der Waals surface area contributed by atoms with Crippen LogP contribution in [0.3, 0.4) is 0 Å². The molecule has 0 rings (SSSR count). The average Bonchev–Trinajstić information content (AvgIpc) is 1.86. The summed E-state index contributed by atoms with van der Waals surface area (Å²) in [5.41, 5.74) is 0.119. The second kappa shape index (κ2) is 4.73. The van der Waals surface area contributed by atoms with Crippen LogP contribution in [-0.4, -0.2) is 24.3 Å². The van der Waals surface area contributed by atoms with Crippen LogP contribution in [0.15, 0.2) is 0 Å². The summed E-state index contributed by atoms with van der Waals surface area (Å²) in [4.78, 5) is 5.48. The summed E-state index contributed by atoms with van der Waals surface area (Å²) in [6, 6.07) is 0. The fourth-order valence-corrected chi connectivity index (χ4v) is 0.539. The number of nitrogens with zero attached hydrogens (tertiary/aromatic N) is 1. The van der Waals surface area contributed by atoms with Gasteiger partial charge < -0.3 is 0 Å². The lowest BCUT2D eigenvalue weighted by Crippen LogP contribution is -2.38. The molecule has 11 heavy (non-hydrogen) atoms. The van der Waals surface area contributed by atoms with Gasteiger partial charge in [-0.1, -0.05) is 13.3 Å². The van der Waals surface area contributed by atoms with Crippen LogP contribution in [0.2, 0.25) is 0 Å². The zero-order valence-electron chi connectivity index (χ0n) is 8.48. The van der Waals surface area contributed by atoms with Gasteiger partial charge >= 0.3 is 0 Å². The average molecular weight is 159 g/mol. The summed E-state index contributed by atoms with van der Waals surface area (Å²) in [6.45, 7) is 9.42. The zero-order valence-corrected chi connectivity index (χ0v) is 8.48. The highest BCUT2D eigenvalue weighted by atomic mass is 16.7. The van der Waals surface area contributed by atoms with Crippen LogP contribution in [0.4, 0.5) is 0 Å². The molecule has 0 saturated heterocycles. The minimum Gasteiger partial charge on any atom is -0.299 e. The van der Waals surface area contributed by atoms with Gasteiger partial charge in [-0.15, -0.1) is 0 Å². The van der Waals surface area contributed by atoms with Crippen molar-refractivity contribution in [2.24, 2.45) is 0 Å². The van der Waals surface area contributed by atoms with E-state index in [1.54, 1.807) is 0 Å². The monoisotopic (exact) mass is 159 g/mol. The molecule has 0 bridgehead atoms. The number of rotatable bonds is 4. The van der Waals surface area contributed by atoms with E-state index in [0.717, 1.165) is 13.0 Å². The summed E-state index contributed by atoms with van der Waals surface area (Å²) in [7, 11) is 1.98. The predicted molar refractivity (Wildman–Crippen MR) is 48.4 cm³/mol. The van der Waals surface area contributed by atoms with Crippen LogP contribution >= 0.6 is 0 Å². The maximum absolute atomic E-state index is 5.48. The number of unbranched alkanes of at least 4 members (excludes halogenated alkanes) is 1. The summed E-state index contributed by atoms with van der Waals surface area (Å²) in [5.74, 6) is 0. The van der Waals surface area contributed by atoms with Crippen LogP contribution < -0.4 is 0 Å². The molecule has 0 aromatic carbocycles. The molecule has 0 saturated carbocycles. The van der Waals surface area contributed by atoms with Crippen molar-refractivity contribution >= 4 is 0 Å². The van der Waals surface area contributed by atoms with Crippen LogP contribution in [-0.2, 0) is 4.84 Å². The van der Waals surface area contributed by atoms with Crippen molar-refractivity contribution in [3.63, 3.8) is 0 Å². The Morgan fingerprint density at radius 1 is 1.27 bits per heavy atom. The van der Waals surface area contributed by atoms with Crippen LogP contribution in [0.5, 0.6) is 0 Å². The molecule has 2 nitrogen and oxygen atoms in total. The van der Waals surface area contributed by atoms with E-state index in [0.29, 0.717) is 0 Å². The van der Waals surface area contributed by atoms with Crippen molar-refractivity contribution in [2.45, 2.75) is 46.1 Å². The van der Waals surface area contributed by atoms with Crippen LogP contribution in [0.1, 0.15) is 40.5 Å². The molecule has 0 unspecified atom stereocenters. The molecule has 68 valence electrons. The molecular formula is C9H21NO. The normalized spacial score (nSPS) is 12.5. The molecule has 0 aromatic heterocycles. The Labute approximate surface area is 70.5 Å². The van der Waals surface area contributed by atoms with Gasteiger partial charge in [0, 0.05) is 12.6 Å². The lowest BCUT2D eigenvalue weighted by atomic mass is 10.1. The fraction of sp³-hybridized carbons (Fsp3) is 1.00. The number of hydrogen-bond acceptors (Lipinski definition) is 2. The van der Waals surface area contributed by atoms with Gasteiger partial charge in [-0.05, 0) is 27.2 Å². The van der Waals surface area contributed by atoms with Gasteiger partial charge in [-0.2, -0.15) is 5.06 Å². The first-order chi connectivity index (χ1) is 4.98. The van der Waals surface area contributed by atoms with Crippen molar-refractivity contribution in [1.82, 2.24) is 5.06 Å². The van der Waals surface area contributed by atoms with E-state index in [2.05, 4.69) is 27.7 Å². The summed E-state index contributed by atoms with van der Waals surface area (Å²) in [5, 5.41) is 1.92. The van der Waals surface area contributed by atoms with Crippen molar-refractivity contribution in [2.75, 3.05) is 13.7 Å². The van der Waals surface area contributed by atoms with Gasteiger partial charge in [0.25, 0.3) is 0 Å². The van der Waals surface area contributed by atoms with Gasteiger partial charge in [0.2, 0.25) is 0 Å². The topological polar surface area (TPSA) is 12.5 Å². The Kier molecular flexibility index (Phi) is 4.69. The SMILES string of the molecule is CCCCON(C)C(C)(C)C. The molecule has 0 aromatic rings. The highest BCUT2D eigenvalue weighted by molar-refractivity contribution is 4.65. The van der Waals surface area contributed by atoms with Gasteiger partial charge in [0.1, 0.15) is 0 Å². The third-order valence-electron chi connectivity index (χ3n) is 1.73. The minimum absolute atomic E-state index is 0.119. The lowest BCUT2D eigenvalue weighted by Gasteiger charge is -2.30. The Morgan fingerprint density at radius 3 is 2.18 bits per heavy atom. The minimum atomic E-state index is 0.119. The Hall–Kier alpha value is -0.0800. The molecule has 0 radical (unpaired) electrons. The van der Waals surface area contributed by atoms with Crippen molar-refractivity contribution < 1.29 is 4.84 Å². The van der Waals surface area contributed by atoms with E-state index in [1.165, 1.54) is 6.42 Å². The maximum atomic E-state index is 5.48. The number of hydroxylamine groups is 2. The van der Waals surface area contributed by atoms with Crippen LogP contribution in [0, 0.1) is 0 Å². The predicted octanol–water partition coefficient (Wildman–Crippen LogP) is 2.45. The fourth-order valence-electron chi connectivity index (χ4n) is 0.539. The Balaban J connectivity index is 3.44. The summed E-state index contributed by atoms with van der Waals surface area (Å²) < 4.78 is 0. The zero-order chi connectivity index (χ0) is 8.91. The maximum Gasteiger partial charge on any atom is 0.0685 e. The number of hydrogen-bond donors (Lipinski definition) is 0. The van der Waals surface area contributed by atoms with Crippen molar-refractivity contribution in [3.05, 3.63) is 0 Å². The molecule has 0 heterocycles. The second-order valence-electron chi connectivity index (χ2n) is 3.86. The largest absolute Gasteiger partial charge is 0.299 e. The molecule has 0 N–H and O–H groups in total. The molecule has 0 atom stereocenters. The third kappa shape index (κ3) is 5.22. The van der Waals surface area contributed by atoms with E-state index in [1.807, 2.05) is 12.1 Å². The van der Waals surface area contributed by atoms with Gasteiger partial charge in [-0.3, -0.25) is 4.84 Å².